The fraction of sp³-hybridized carbons (Fsp3) is 0.222. The van der Waals surface area contributed by atoms with Crippen LogP contribution in [-0.2, 0) is 21.1 Å². The average Bonchev–Trinajstić information content (AvgIpc) is 3.26. The number of nitrogens with one attached hydrogen (secondary N) is 1. The molecule has 3 rings (SSSR count). The Morgan fingerprint density at radius 1 is 1.23 bits per heavy atom. The van der Waals surface area contributed by atoms with Gasteiger partial charge < -0.3 is 9.73 Å². The first-order chi connectivity index (χ1) is 12.4. The van der Waals surface area contributed by atoms with E-state index in [2.05, 4.69) is 10.3 Å². The number of benzene rings is 1. The minimum Gasteiger partial charge on any atom is -0.440 e. The van der Waals surface area contributed by atoms with Crippen LogP contribution in [-0.4, -0.2) is 25.1 Å². The van der Waals surface area contributed by atoms with E-state index < -0.39 is 9.84 Å². The molecule has 0 bridgehead atoms. The van der Waals surface area contributed by atoms with Gasteiger partial charge in [0.1, 0.15) is 5.76 Å². The number of aromatic nitrogens is 1. The summed E-state index contributed by atoms with van der Waals surface area (Å²) in [4.78, 5) is 17.8. The summed E-state index contributed by atoms with van der Waals surface area (Å²) >= 11 is 1.52. The summed E-state index contributed by atoms with van der Waals surface area (Å²) < 4.78 is 29.2. The lowest BCUT2D eigenvalue weighted by molar-refractivity contribution is -0.115. The zero-order valence-electron chi connectivity index (χ0n) is 14.4. The third-order valence-electron chi connectivity index (χ3n) is 3.83. The second kappa shape index (κ2) is 7.43. The molecule has 0 unspecified atom stereocenters. The topological polar surface area (TPSA) is 89.3 Å². The normalized spacial score (nSPS) is 11.5. The van der Waals surface area contributed by atoms with E-state index in [0.717, 1.165) is 4.88 Å². The van der Waals surface area contributed by atoms with Gasteiger partial charge in [0.15, 0.2) is 9.84 Å². The molecule has 0 atom stereocenters. The van der Waals surface area contributed by atoms with E-state index >= 15 is 0 Å². The first-order valence-electron chi connectivity index (χ1n) is 8.02. The van der Waals surface area contributed by atoms with Crippen molar-refractivity contribution in [3.05, 3.63) is 53.2 Å². The van der Waals surface area contributed by atoms with Gasteiger partial charge in [-0.05, 0) is 42.6 Å². The number of sulfone groups is 1. The van der Waals surface area contributed by atoms with Gasteiger partial charge in [-0.2, -0.15) is 0 Å². The molecule has 2 heterocycles. The molecule has 0 fully saturated rings. The molecule has 0 radical (unpaired) electrons. The number of amides is 1. The van der Waals surface area contributed by atoms with Crippen molar-refractivity contribution in [2.45, 2.75) is 25.2 Å². The van der Waals surface area contributed by atoms with E-state index in [1.54, 1.807) is 26.0 Å². The number of carbonyl (C=O) groups excluding carboxylic acids is 1. The van der Waals surface area contributed by atoms with Crippen LogP contribution in [0, 0.1) is 6.92 Å². The number of oxazole rings is 1. The Labute approximate surface area is 155 Å². The van der Waals surface area contributed by atoms with Crippen LogP contribution in [0.25, 0.3) is 10.8 Å². The number of aryl methyl sites for hydroxylation is 1. The van der Waals surface area contributed by atoms with Gasteiger partial charge in [0.25, 0.3) is 0 Å². The molecular formula is C18H18N2O4S2. The predicted molar refractivity (Wildman–Crippen MR) is 101 cm³/mol. The second-order valence-corrected chi connectivity index (χ2v) is 8.88. The fourth-order valence-corrected chi connectivity index (χ4v) is 3.90. The monoisotopic (exact) mass is 390 g/mol. The summed E-state index contributed by atoms with van der Waals surface area (Å²) in [5, 5.41) is 4.68. The van der Waals surface area contributed by atoms with Crippen LogP contribution < -0.4 is 5.32 Å². The maximum Gasteiger partial charge on any atom is 0.236 e. The van der Waals surface area contributed by atoms with E-state index in [1.165, 1.54) is 23.5 Å². The molecule has 6 nitrogen and oxygen atoms in total. The number of thiophene rings is 1. The van der Waals surface area contributed by atoms with Crippen molar-refractivity contribution in [1.29, 1.82) is 0 Å². The fourth-order valence-electron chi connectivity index (χ4n) is 2.37. The van der Waals surface area contributed by atoms with Gasteiger partial charge in [0.05, 0.1) is 27.6 Å². The SMILES string of the molecule is CCS(=O)(=O)c1ccc(NC(=O)Cc2nc(-c3cccs3)oc2C)cc1. The van der Waals surface area contributed by atoms with Crippen LogP contribution >= 0.6 is 11.3 Å². The molecule has 1 aromatic carbocycles. The second-order valence-electron chi connectivity index (χ2n) is 5.65. The molecule has 0 aliphatic rings. The van der Waals surface area contributed by atoms with Crippen molar-refractivity contribution in [3.8, 4) is 10.8 Å². The van der Waals surface area contributed by atoms with Gasteiger partial charge in [-0.25, -0.2) is 13.4 Å². The van der Waals surface area contributed by atoms with Crippen molar-refractivity contribution in [2.75, 3.05) is 11.1 Å². The molecule has 1 amide bonds. The summed E-state index contributed by atoms with van der Waals surface area (Å²) in [6.07, 6.45) is 0.0791. The molecule has 1 N–H and O–H groups in total. The summed E-state index contributed by atoms with van der Waals surface area (Å²) in [6.45, 7) is 3.37. The quantitative estimate of drug-likeness (QED) is 0.693. The van der Waals surface area contributed by atoms with Gasteiger partial charge in [-0.3, -0.25) is 4.79 Å². The number of hydrogen-bond donors (Lipinski definition) is 1. The number of rotatable bonds is 6. The number of anilines is 1. The molecule has 26 heavy (non-hydrogen) atoms. The lowest BCUT2D eigenvalue weighted by Gasteiger charge is -2.06. The summed E-state index contributed by atoms with van der Waals surface area (Å²) in [7, 11) is -3.25. The Kier molecular flexibility index (Phi) is 5.24. The Hall–Kier alpha value is -2.45. The molecule has 0 saturated carbocycles. The van der Waals surface area contributed by atoms with Crippen LogP contribution in [0.1, 0.15) is 18.4 Å². The van der Waals surface area contributed by atoms with Crippen LogP contribution in [0.5, 0.6) is 0 Å². The Balaban J connectivity index is 1.68. The third-order valence-corrected chi connectivity index (χ3v) is 6.44. The van der Waals surface area contributed by atoms with E-state index in [4.69, 9.17) is 4.42 Å². The van der Waals surface area contributed by atoms with Gasteiger partial charge in [0.2, 0.25) is 11.8 Å². The highest BCUT2D eigenvalue weighted by Gasteiger charge is 2.16. The summed E-state index contributed by atoms with van der Waals surface area (Å²) in [5.41, 5.74) is 1.11. The largest absolute Gasteiger partial charge is 0.440 e. The van der Waals surface area contributed by atoms with Crippen molar-refractivity contribution in [2.24, 2.45) is 0 Å². The number of carbonyl (C=O) groups is 1. The molecule has 0 saturated heterocycles. The van der Waals surface area contributed by atoms with Gasteiger partial charge in [0, 0.05) is 5.69 Å². The van der Waals surface area contributed by atoms with Crippen molar-refractivity contribution in [3.63, 3.8) is 0 Å². The molecule has 136 valence electrons. The molecule has 8 heteroatoms. The van der Waals surface area contributed by atoms with Crippen molar-refractivity contribution >= 4 is 32.8 Å². The lowest BCUT2D eigenvalue weighted by atomic mass is 10.2. The number of nitrogens with zero attached hydrogens (tertiary/aromatic N) is 1. The van der Waals surface area contributed by atoms with Crippen LogP contribution in [0.15, 0.2) is 51.1 Å². The van der Waals surface area contributed by atoms with E-state index in [-0.39, 0.29) is 23.0 Å². The van der Waals surface area contributed by atoms with E-state index in [0.29, 0.717) is 23.0 Å². The zero-order chi connectivity index (χ0) is 18.7. The van der Waals surface area contributed by atoms with Crippen LogP contribution in [0.4, 0.5) is 5.69 Å². The molecule has 0 aliphatic heterocycles. The number of hydrogen-bond acceptors (Lipinski definition) is 6. The first kappa shape index (κ1) is 18.3. The molecule has 3 aromatic rings. The highest BCUT2D eigenvalue weighted by Crippen LogP contribution is 2.26. The maximum atomic E-state index is 12.3. The predicted octanol–water partition coefficient (Wildman–Crippen LogP) is 3.69. The molecule has 0 spiro atoms. The van der Waals surface area contributed by atoms with Gasteiger partial charge in [-0.1, -0.05) is 13.0 Å². The molecule has 0 aliphatic carbocycles. The van der Waals surface area contributed by atoms with Crippen molar-refractivity contribution < 1.29 is 17.6 Å². The van der Waals surface area contributed by atoms with Crippen molar-refractivity contribution in [1.82, 2.24) is 4.98 Å². The van der Waals surface area contributed by atoms with Crippen LogP contribution in [0.2, 0.25) is 0 Å². The smallest absolute Gasteiger partial charge is 0.236 e. The highest BCUT2D eigenvalue weighted by molar-refractivity contribution is 7.91. The summed E-state index contributed by atoms with van der Waals surface area (Å²) in [6, 6.07) is 9.95. The van der Waals surface area contributed by atoms with E-state index in [1.807, 2.05) is 17.5 Å². The zero-order valence-corrected chi connectivity index (χ0v) is 16.0. The standard InChI is InChI=1S/C18H18N2O4S2/c1-3-26(22,23)14-8-6-13(7-9-14)19-17(21)11-15-12(2)24-18(20-15)16-5-4-10-25-16/h4-10H,3,11H2,1-2H3,(H,19,21). The Morgan fingerprint density at radius 3 is 2.58 bits per heavy atom. The highest BCUT2D eigenvalue weighted by atomic mass is 32.2. The third kappa shape index (κ3) is 4.03. The minimum absolute atomic E-state index is 0.0384. The minimum atomic E-state index is -3.25. The Morgan fingerprint density at radius 2 is 1.96 bits per heavy atom. The average molecular weight is 390 g/mol. The molecular weight excluding hydrogens is 372 g/mol. The van der Waals surface area contributed by atoms with Crippen LogP contribution in [0.3, 0.4) is 0 Å². The summed E-state index contributed by atoms with van der Waals surface area (Å²) in [5.74, 6) is 0.907. The first-order valence-corrected chi connectivity index (χ1v) is 10.5. The van der Waals surface area contributed by atoms with Gasteiger partial charge in [-0.15, -0.1) is 11.3 Å². The molecule has 2 aromatic heterocycles. The lowest BCUT2D eigenvalue weighted by Crippen LogP contribution is -2.15. The van der Waals surface area contributed by atoms with E-state index in [9.17, 15) is 13.2 Å². The van der Waals surface area contributed by atoms with Gasteiger partial charge >= 0.3 is 0 Å². The Bertz CT molecular complexity index is 1000. The maximum absolute atomic E-state index is 12.3.